The van der Waals surface area contributed by atoms with Gasteiger partial charge in [0, 0.05) is 13.6 Å². The average Bonchev–Trinajstić information content (AvgIpc) is 2.04. The lowest BCUT2D eigenvalue weighted by molar-refractivity contribution is 0.201. The SMILES string of the molecule is C[C@@H](O)CN(C)c1ncc(Cl)cn1. The highest BCUT2D eigenvalue weighted by Gasteiger charge is 2.06. The molecule has 0 amide bonds. The Morgan fingerprint density at radius 3 is 2.54 bits per heavy atom. The van der Waals surface area contributed by atoms with Crippen LogP contribution in [0.2, 0.25) is 5.02 Å². The highest BCUT2D eigenvalue weighted by atomic mass is 35.5. The Labute approximate surface area is 82.2 Å². The van der Waals surface area contributed by atoms with E-state index in [1.165, 1.54) is 12.4 Å². The Bertz CT molecular complexity index is 263. The summed E-state index contributed by atoms with van der Waals surface area (Å²) in [4.78, 5) is 9.77. The van der Waals surface area contributed by atoms with Gasteiger partial charge in [-0.25, -0.2) is 9.97 Å². The number of halogens is 1. The Morgan fingerprint density at radius 2 is 2.08 bits per heavy atom. The van der Waals surface area contributed by atoms with Crippen LogP contribution in [0, 0.1) is 0 Å². The van der Waals surface area contributed by atoms with E-state index in [4.69, 9.17) is 16.7 Å². The number of anilines is 1. The van der Waals surface area contributed by atoms with Crippen molar-refractivity contribution in [1.82, 2.24) is 9.97 Å². The van der Waals surface area contributed by atoms with Crippen LogP contribution in [-0.2, 0) is 0 Å². The van der Waals surface area contributed by atoms with Gasteiger partial charge in [0.1, 0.15) is 0 Å². The van der Waals surface area contributed by atoms with E-state index in [1.54, 1.807) is 11.8 Å². The lowest BCUT2D eigenvalue weighted by atomic mass is 10.4. The zero-order valence-corrected chi connectivity index (χ0v) is 8.36. The smallest absolute Gasteiger partial charge is 0.225 e. The molecule has 1 aromatic rings. The molecule has 13 heavy (non-hydrogen) atoms. The van der Waals surface area contributed by atoms with Gasteiger partial charge in [0.05, 0.1) is 23.5 Å². The lowest BCUT2D eigenvalue weighted by Gasteiger charge is -2.17. The summed E-state index contributed by atoms with van der Waals surface area (Å²) in [5.41, 5.74) is 0. The van der Waals surface area contributed by atoms with Crippen LogP contribution in [0.1, 0.15) is 6.92 Å². The molecule has 1 N–H and O–H groups in total. The van der Waals surface area contributed by atoms with Crippen molar-refractivity contribution in [2.45, 2.75) is 13.0 Å². The highest BCUT2D eigenvalue weighted by molar-refractivity contribution is 6.30. The topological polar surface area (TPSA) is 49.2 Å². The van der Waals surface area contributed by atoms with Gasteiger partial charge in [-0.05, 0) is 6.92 Å². The minimum atomic E-state index is -0.399. The first kappa shape index (κ1) is 10.2. The van der Waals surface area contributed by atoms with Crippen LogP contribution in [0.15, 0.2) is 12.4 Å². The van der Waals surface area contributed by atoms with Crippen LogP contribution in [-0.4, -0.2) is 34.8 Å². The molecule has 1 atom stereocenters. The van der Waals surface area contributed by atoms with Crippen LogP contribution in [0.5, 0.6) is 0 Å². The summed E-state index contributed by atoms with van der Waals surface area (Å²) in [6.45, 7) is 2.22. The monoisotopic (exact) mass is 201 g/mol. The molecule has 0 fully saturated rings. The molecule has 0 aliphatic heterocycles. The number of hydrogen-bond acceptors (Lipinski definition) is 4. The van der Waals surface area contributed by atoms with Crippen molar-refractivity contribution in [3.8, 4) is 0 Å². The molecule has 5 heteroatoms. The maximum atomic E-state index is 9.12. The molecule has 0 saturated heterocycles. The minimum Gasteiger partial charge on any atom is -0.392 e. The van der Waals surface area contributed by atoms with Gasteiger partial charge < -0.3 is 10.0 Å². The number of rotatable bonds is 3. The Hall–Kier alpha value is -0.870. The van der Waals surface area contributed by atoms with Crippen LogP contribution >= 0.6 is 11.6 Å². The van der Waals surface area contributed by atoms with Gasteiger partial charge in [-0.3, -0.25) is 0 Å². The number of aliphatic hydroxyl groups is 1. The molecule has 0 spiro atoms. The molecule has 1 rings (SSSR count). The van der Waals surface area contributed by atoms with Gasteiger partial charge >= 0.3 is 0 Å². The van der Waals surface area contributed by atoms with Crippen LogP contribution in [0.25, 0.3) is 0 Å². The van der Waals surface area contributed by atoms with Gasteiger partial charge in [0.2, 0.25) is 5.95 Å². The molecular weight excluding hydrogens is 190 g/mol. The third kappa shape index (κ3) is 3.16. The molecule has 72 valence electrons. The largest absolute Gasteiger partial charge is 0.392 e. The summed E-state index contributed by atoms with van der Waals surface area (Å²) in [5, 5.41) is 9.62. The van der Waals surface area contributed by atoms with E-state index in [2.05, 4.69) is 9.97 Å². The summed E-state index contributed by atoms with van der Waals surface area (Å²) in [5.74, 6) is 0.560. The van der Waals surface area contributed by atoms with Crippen molar-refractivity contribution in [1.29, 1.82) is 0 Å². The number of aliphatic hydroxyl groups excluding tert-OH is 1. The molecule has 0 bridgehead atoms. The molecule has 0 aliphatic carbocycles. The maximum Gasteiger partial charge on any atom is 0.225 e. The fourth-order valence-electron chi connectivity index (χ4n) is 0.981. The average molecular weight is 202 g/mol. The van der Waals surface area contributed by atoms with Crippen molar-refractivity contribution < 1.29 is 5.11 Å². The number of aromatic nitrogens is 2. The van der Waals surface area contributed by atoms with Crippen molar-refractivity contribution in [2.24, 2.45) is 0 Å². The third-order valence-corrected chi connectivity index (χ3v) is 1.68. The molecule has 0 unspecified atom stereocenters. The fraction of sp³-hybridized carbons (Fsp3) is 0.500. The van der Waals surface area contributed by atoms with Gasteiger partial charge in [0.25, 0.3) is 0 Å². The zero-order valence-electron chi connectivity index (χ0n) is 7.61. The number of likely N-dealkylation sites (N-methyl/N-ethyl adjacent to an activating group) is 1. The Kier molecular flexibility index (Phi) is 3.45. The van der Waals surface area contributed by atoms with Crippen LogP contribution in [0.3, 0.4) is 0 Å². The van der Waals surface area contributed by atoms with Crippen molar-refractivity contribution in [2.75, 3.05) is 18.5 Å². The van der Waals surface area contributed by atoms with E-state index in [0.29, 0.717) is 17.5 Å². The standard InChI is InChI=1S/C8H12ClN3O/c1-6(13)5-12(2)8-10-3-7(9)4-11-8/h3-4,6,13H,5H2,1-2H3/t6-/m1/s1. The molecule has 4 nitrogen and oxygen atoms in total. The lowest BCUT2D eigenvalue weighted by Crippen LogP contribution is -2.28. The molecule has 0 aromatic carbocycles. The Balaban J connectivity index is 2.66. The molecule has 0 radical (unpaired) electrons. The molecule has 1 aromatic heterocycles. The number of nitrogens with zero attached hydrogens (tertiary/aromatic N) is 3. The Morgan fingerprint density at radius 1 is 1.54 bits per heavy atom. The number of hydrogen-bond donors (Lipinski definition) is 1. The van der Waals surface area contributed by atoms with Crippen LogP contribution < -0.4 is 4.90 Å². The quantitative estimate of drug-likeness (QED) is 0.791. The fourth-order valence-corrected chi connectivity index (χ4v) is 1.08. The van der Waals surface area contributed by atoms with Gasteiger partial charge in [-0.1, -0.05) is 11.6 Å². The summed E-state index contributed by atoms with van der Waals surface area (Å²) in [6, 6.07) is 0. The second-order valence-electron chi connectivity index (χ2n) is 2.93. The van der Waals surface area contributed by atoms with E-state index >= 15 is 0 Å². The minimum absolute atomic E-state index is 0.399. The predicted molar refractivity (Wildman–Crippen MR) is 52.0 cm³/mol. The summed E-state index contributed by atoms with van der Waals surface area (Å²) < 4.78 is 0. The predicted octanol–water partition coefficient (Wildman–Crippen LogP) is 0.947. The van der Waals surface area contributed by atoms with E-state index in [-0.39, 0.29) is 0 Å². The summed E-state index contributed by atoms with van der Waals surface area (Å²) >= 11 is 5.63. The summed E-state index contributed by atoms with van der Waals surface area (Å²) in [7, 11) is 1.82. The van der Waals surface area contributed by atoms with Gasteiger partial charge in [0.15, 0.2) is 0 Å². The highest BCUT2D eigenvalue weighted by Crippen LogP contribution is 2.08. The molecule has 1 heterocycles. The van der Waals surface area contributed by atoms with E-state index in [9.17, 15) is 0 Å². The molecule has 0 saturated carbocycles. The maximum absolute atomic E-state index is 9.12. The van der Waals surface area contributed by atoms with E-state index in [0.717, 1.165) is 0 Å². The van der Waals surface area contributed by atoms with Crippen LogP contribution in [0.4, 0.5) is 5.95 Å². The second-order valence-corrected chi connectivity index (χ2v) is 3.37. The second kappa shape index (κ2) is 4.39. The van der Waals surface area contributed by atoms with Gasteiger partial charge in [-0.2, -0.15) is 0 Å². The van der Waals surface area contributed by atoms with Crippen molar-refractivity contribution in [3.05, 3.63) is 17.4 Å². The van der Waals surface area contributed by atoms with Gasteiger partial charge in [-0.15, -0.1) is 0 Å². The van der Waals surface area contributed by atoms with Crippen molar-refractivity contribution >= 4 is 17.5 Å². The first-order valence-corrected chi connectivity index (χ1v) is 4.34. The molecular formula is C8H12ClN3O. The normalized spacial score (nSPS) is 12.6. The third-order valence-electron chi connectivity index (χ3n) is 1.49. The van der Waals surface area contributed by atoms with E-state index < -0.39 is 6.10 Å². The molecule has 0 aliphatic rings. The first-order valence-electron chi connectivity index (χ1n) is 3.96. The van der Waals surface area contributed by atoms with Crippen molar-refractivity contribution in [3.63, 3.8) is 0 Å². The van der Waals surface area contributed by atoms with E-state index in [1.807, 2.05) is 7.05 Å². The first-order chi connectivity index (χ1) is 6.09. The summed E-state index contributed by atoms with van der Waals surface area (Å²) in [6.07, 6.45) is 2.66. The zero-order chi connectivity index (χ0) is 9.84.